The summed E-state index contributed by atoms with van der Waals surface area (Å²) in [5.41, 5.74) is 1.38. The normalized spacial score (nSPS) is 15.7. The fourth-order valence-corrected chi connectivity index (χ4v) is 0.785. The molecule has 0 fully saturated rings. The highest BCUT2D eigenvalue weighted by Crippen LogP contribution is 2.12. The van der Waals surface area contributed by atoms with Crippen LogP contribution in [0.15, 0.2) is 29.9 Å². The molecule has 46 valence electrons. The molecule has 0 aliphatic heterocycles. The highest BCUT2D eigenvalue weighted by atomic mass is 14.0. The molecule has 0 saturated heterocycles. The van der Waals surface area contributed by atoms with Gasteiger partial charge in [0.25, 0.3) is 0 Å². The Morgan fingerprint density at radius 3 is 2.56 bits per heavy atom. The second-order valence-electron chi connectivity index (χ2n) is 2.49. The Balaban J connectivity index is 2.72. The smallest absolute Gasteiger partial charge is 0.0563 e. The minimum Gasteiger partial charge on any atom is -0.0563 e. The van der Waals surface area contributed by atoms with Gasteiger partial charge in [-0.2, -0.15) is 0 Å². The lowest BCUT2D eigenvalue weighted by molar-refractivity contribution is 0.790. The molecule has 0 aromatic carbocycles. The topological polar surface area (TPSA) is 0 Å². The molecule has 0 aromatic rings. The van der Waals surface area contributed by atoms with Gasteiger partial charge in [-0.1, -0.05) is 13.8 Å². The standard InChI is InChI=1S/C9H11/c1-8(2)9-6-4-3-5-7-9/h4-8H,1-2H3/q+1. The molecule has 1 rings (SSSR count). The highest BCUT2D eigenvalue weighted by molar-refractivity contribution is 5.30. The van der Waals surface area contributed by atoms with Crippen molar-refractivity contribution in [3.8, 4) is 0 Å². The number of rotatable bonds is 1. The maximum absolute atomic E-state index is 2.99. The molecular weight excluding hydrogens is 108 g/mol. The zero-order valence-corrected chi connectivity index (χ0v) is 5.89. The molecule has 0 nitrogen and oxygen atoms in total. The molecule has 0 amide bonds. The molecule has 0 spiro atoms. The third-order valence-corrected chi connectivity index (χ3v) is 1.41. The molecule has 0 atom stereocenters. The largest absolute Gasteiger partial charge is 0.103 e. The van der Waals surface area contributed by atoms with Crippen molar-refractivity contribution in [2.45, 2.75) is 13.8 Å². The lowest BCUT2D eigenvalue weighted by Gasteiger charge is -1.98. The van der Waals surface area contributed by atoms with Crippen molar-refractivity contribution >= 4 is 0 Å². The quantitative estimate of drug-likeness (QED) is 0.465. The molecule has 1 aliphatic carbocycles. The average Bonchev–Trinajstić information content (AvgIpc) is 1.90. The Labute approximate surface area is 56.6 Å². The van der Waals surface area contributed by atoms with Crippen LogP contribution in [0.2, 0.25) is 0 Å². The fourth-order valence-electron chi connectivity index (χ4n) is 0.785. The van der Waals surface area contributed by atoms with E-state index in [4.69, 9.17) is 0 Å². The van der Waals surface area contributed by atoms with Gasteiger partial charge in [-0.15, -0.1) is 0 Å². The second-order valence-corrected chi connectivity index (χ2v) is 2.49. The van der Waals surface area contributed by atoms with Crippen LogP contribution in [0, 0.1) is 12.0 Å². The summed E-state index contributed by atoms with van der Waals surface area (Å²) in [6.07, 6.45) is 11.1. The average molecular weight is 119 g/mol. The summed E-state index contributed by atoms with van der Waals surface area (Å²) in [4.78, 5) is 0. The van der Waals surface area contributed by atoms with Crippen molar-refractivity contribution in [1.82, 2.24) is 0 Å². The molecule has 0 N–H and O–H groups in total. The van der Waals surface area contributed by atoms with Crippen LogP contribution in [0.5, 0.6) is 0 Å². The van der Waals surface area contributed by atoms with Gasteiger partial charge in [-0.25, -0.2) is 0 Å². The minimum atomic E-state index is 0.639. The summed E-state index contributed by atoms with van der Waals surface area (Å²) in [5.74, 6) is 0.639. The lowest BCUT2D eigenvalue weighted by Crippen LogP contribution is -1.90. The Kier molecular flexibility index (Phi) is 1.81. The second kappa shape index (κ2) is 2.61. The van der Waals surface area contributed by atoms with Crippen LogP contribution in [-0.4, -0.2) is 0 Å². The van der Waals surface area contributed by atoms with Crippen molar-refractivity contribution in [1.29, 1.82) is 0 Å². The predicted octanol–water partition coefficient (Wildman–Crippen LogP) is 2.50. The van der Waals surface area contributed by atoms with E-state index in [0.717, 1.165) is 0 Å². The van der Waals surface area contributed by atoms with E-state index in [9.17, 15) is 0 Å². The molecule has 0 aromatic heterocycles. The Bertz CT molecular complexity index is 168. The predicted molar refractivity (Wildman–Crippen MR) is 39.9 cm³/mol. The van der Waals surface area contributed by atoms with E-state index in [0.29, 0.717) is 5.92 Å². The van der Waals surface area contributed by atoms with E-state index in [1.165, 1.54) is 5.57 Å². The van der Waals surface area contributed by atoms with Crippen LogP contribution < -0.4 is 0 Å². The first-order valence-electron chi connectivity index (χ1n) is 3.26. The Hall–Kier alpha value is -0.870. The van der Waals surface area contributed by atoms with Crippen LogP contribution in [0.4, 0.5) is 0 Å². The lowest BCUT2D eigenvalue weighted by atomic mass is 10.0. The van der Waals surface area contributed by atoms with E-state index < -0.39 is 0 Å². The van der Waals surface area contributed by atoms with Gasteiger partial charge in [-0.3, -0.25) is 0 Å². The van der Waals surface area contributed by atoms with Crippen LogP contribution in [0.3, 0.4) is 0 Å². The SMILES string of the molecule is CC(C)C1=CC=[C+]C=C1. The van der Waals surface area contributed by atoms with E-state index >= 15 is 0 Å². The summed E-state index contributed by atoms with van der Waals surface area (Å²) in [5, 5.41) is 0. The minimum absolute atomic E-state index is 0.639. The molecule has 0 bridgehead atoms. The maximum Gasteiger partial charge on any atom is 0.103 e. The van der Waals surface area contributed by atoms with Crippen LogP contribution in [0.25, 0.3) is 0 Å². The third kappa shape index (κ3) is 1.51. The molecule has 0 heterocycles. The van der Waals surface area contributed by atoms with E-state index in [2.05, 4.69) is 32.1 Å². The maximum atomic E-state index is 2.99. The summed E-state index contributed by atoms with van der Waals surface area (Å²) in [6, 6.07) is 0. The molecular formula is C9H11+. The van der Waals surface area contributed by atoms with E-state index in [-0.39, 0.29) is 0 Å². The van der Waals surface area contributed by atoms with E-state index in [1.54, 1.807) is 0 Å². The zero-order valence-electron chi connectivity index (χ0n) is 5.89. The van der Waals surface area contributed by atoms with E-state index in [1.807, 2.05) is 12.2 Å². The monoisotopic (exact) mass is 119 g/mol. The van der Waals surface area contributed by atoms with Crippen molar-refractivity contribution in [2.75, 3.05) is 0 Å². The van der Waals surface area contributed by atoms with Crippen molar-refractivity contribution in [2.24, 2.45) is 5.92 Å². The summed E-state index contributed by atoms with van der Waals surface area (Å²) in [7, 11) is 0. The molecule has 0 unspecified atom stereocenters. The number of hydrogen-bond donors (Lipinski definition) is 0. The molecule has 1 aliphatic rings. The molecule has 0 saturated carbocycles. The first kappa shape index (κ1) is 6.25. The van der Waals surface area contributed by atoms with Gasteiger partial charge in [0.05, 0.1) is 17.7 Å². The number of hydrogen-bond acceptors (Lipinski definition) is 0. The van der Waals surface area contributed by atoms with Gasteiger partial charge < -0.3 is 0 Å². The summed E-state index contributed by atoms with van der Waals surface area (Å²) < 4.78 is 0. The van der Waals surface area contributed by atoms with Gasteiger partial charge in [-0.05, 0) is 0 Å². The molecule has 0 heteroatoms. The third-order valence-electron chi connectivity index (χ3n) is 1.41. The van der Waals surface area contributed by atoms with Crippen molar-refractivity contribution in [3.05, 3.63) is 36.0 Å². The Morgan fingerprint density at radius 1 is 1.44 bits per heavy atom. The van der Waals surface area contributed by atoms with Gasteiger partial charge in [0.15, 0.2) is 0 Å². The summed E-state index contributed by atoms with van der Waals surface area (Å²) in [6.45, 7) is 4.38. The highest BCUT2D eigenvalue weighted by Gasteiger charge is 2.05. The van der Waals surface area contributed by atoms with Crippen LogP contribution in [-0.2, 0) is 0 Å². The van der Waals surface area contributed by atoms with Crippen LogP contribution in [0.1, 0.15) is 13.8 Å². The fraction of sp³-hybridized carbons (Fsp3) is 0.333. The zero-order chi connectivity index (χ0) is 6.69. The van der Waals surface area contributed by atoms with Gasteiger partial charge in [0.1, 0.15) is 12.2 Å². The first-order valence-corrected chi connectivity index (χ1v) is 3.26. The molecule has 9 heavy (non-hydrogen) atoms. The van der Waals surface area contributed by atoms with Gasteiger partial charge >= 0.3 is 0 Å². The van der Waals surface area contributed by atoms with Crippen molar-refractivity contribution in [3.63, 3.8) is 0 Å². The van der Waals surface area contributed by atoms with Gasteiger partial charge in [0.2, 0.25) is 0 Å². The summed E-state index contributed by atoms with van der Waals surface area (Å²) >= 11 is 0. The first-order chi connectivity index (χ1) is 4.30. The Morgan fingerprint density at radius 2 is 2.22 bits per heavy atom. The number of allylic oxidation sites excluding steroid dienone is 6. The van der Waals surface area contributed by atoms with Crippen molar-refractivity contribution < 1.29 is 0 Å². The van der Waals surface area contributed by atoms with Crippen LogP contribution >= 0.6 is 0 Å². The molecule has 0 radical (unpaired) electrons. The van der Waals surface area contributed by atoms with Gasteiger partial charge in [0, 0.05) is 12.0 Å².